The molecule has 2 fully saturated rings. The maximum absolute atomic E-state index is 14.1. The van der Waals surface area contributed by atoms with Crippen LogP contribution in [0.2, 0.25) is 5.02 Å². The van der Waals surface area contributed by atoms with Crippen molar-refractivity contribution in [3.05, 3.63) is 58.4 Å². The summed E-state index contributed by atoms with van der Waals surface area (Å²) in [6, 6.07) is 12.7. The molecular weight excluding hydrogens is 528 g/mol. The normalized spacial score (nSPS) is 15.9. The maximum Gasteiger partial charge on any atom is 0.490 e. The molecule has 38 heavy (non-hydrogen) atoms. The van der Waals surface area contributed by atoms with Gasteiger partial charge < -0.3 is 15.3 Å². The van der Waals surface area contributed by atoms with Crippen molar-refractivity contribution in [1.82, 2.24) is 14.9 Å². The van der Waals surface area contributed by atoms with Crippen LogP contribution in [0.25, 0.3) is 11.0 Å². The number of carboxylic acid groups (broad SMARTS) is 1. The van der Waals surface area contributed by atoms with E-state index in [-0.39, 0.29) is 5.82 Å². The zero-order chi connectivity index (χ0) is 27.4. The number of nitriles is 1. The van der Waals surface area contributed by atoms with Crippen molar-refractivity contribution < 1.29 is 27.5 Å². The smallest absolute Gasteiger partial charge is 0.475 e. The second kappa shape index (κ2) is 11.4. The lowest BCUT2D eigenvalue weighted by Gasteiger charge is -2.36. The van der Waals surface area contributed by atoms with Crippen molar-refractivity contribution in [2.75, 3.05) is 36.4 Å². The fourth-order valence-electron chi connectivity index (χ4n) is 3.88. The molecule has 1 aliphatic heterocycles. The molecule has 2 N–H and O–H groups in total. The molecule has 200 valence electrons. The van der Waals surface area contributed by atoms with Crippen LogP contribution in [0.3, 0.4) is 0 Å². The molecule has 3 aromatic rings. The minimum atomic E-state index is -5.08. The van der Waals surface area contributed by atoms with Gasteiger partial charge in [0.25, 0.3) is 0 Å². The van der Waals surface area contributed by atoms with E-state index in [0.717, 1.165) is 61.7 Å². The van der Waals surface area contributed by atoms with E-state index in [0.29, 0.717) is 28.7 Å². The van der Waals surface area contributed by atoms with E-state index >= 15 is 0 Å². The predicted molar refractivity (Wildman–Crippen MR) is 133 cm³/mol. The number of hydrogen-bond donors (Lipinski definition) is 2. The highest BCUT2D eigenvalue weighted by molar-refractivity contribution is 6.30. The molecule has 1 saturated carbocycles. The Labute approximate surface area is 220 Å². The molecular formula is C25H23ClF4N6O2. The van der Waals surface area contributed by atoms with Crippen LogP contribution in [0, 0.1) is 17.1 Å². The SMILES string of the molecule is N#Cc1ccc2nc(NC3CC3)c(N3CCN(Cc4cc(Cl)ccc4F)CC3)nc2c1.O=C(O)C(F)(F)F. The van der Waals surface area contributed by atoms with Gasteiger partial charge >= 0.3 is 12.1 Å². The van der Waals surface area contributed by atoms with Gasteiger partial charge in [-0.05, 0) is 49.2 Å². The van der Waals surface area contributed by atoms with Crippen molar-refractivity contribution in [1.29, 1.82) is 5.26 Å². The zero-order valence-corrected chi connectivity index (χ0v) is 20.7. The number of hydrogen-bond acceptors (Lipinski definition) is 7. The Bertz CT molecular complexity index is 1370. The quantitative estimate of drug-likeness (QED) is 0.436. The van der Waals surface area contributed by atoms with Crippen LogP contribution in [-0.2, 0) is 11.3 Å². The molecule has 1 aromatic heterocycles. The number of carboxylic acids is 1. The maximum atomic E-state index is 14.1. The fraction of sp³-hybridized carbons (Fsp3) is 0.360. The minimum absolute atomic E-state index is 0.226. The first-order valence-corrected chi connectivity index (χ1v) is 12.1. The number of nitrogens with zero attached hydrogens (tertiary/aromatic N) is 5. The van der Waals surface area contributed by atoms with Gasteiger partial charge in [0.2, 0.25) is 0 Å². The van der Waals surface area contributed by atoms with E-state index < -0.39 is 12.1 Å². The van der Waals surface area contributed by atoms with Crippen molar-refractivity contribution in [3.8, 4) is 6.07 Å². The summed E-state index contributed by atoms with van der Waals surface area (Å²) in [6.45, 7) is 3.63. The molecule has 0 atom stereocenters. The highest BCUT2D eigenvalue weighted by Gasteiger charge is 2.38. The largest absolute Gasteiger partial charge is 0.490 e. The standard InChI is InChI=1S/C23H22ClFN6.C2HF3O2/c24-17-2-5-19(25)16(12-17)14-30-7-9-31(10-8-30)23-22(27-18-3-4-18)28-20-6-1-15(13-26)11-21(20)29-23;3-2(4,5)1(6)7/h1-2,5-6,11-12,18H,3-4,7-10,14H2,(H,27,28);(H,6,7). The van der Waals surface area contributed by atoms with Crippen LogP contribution in [0.5, 0.6) is 0 Å². The molecule has 0 unspecified atom stereocenters. The Morgan fingerprint density at radius 1 is 1.11 bits per heavy atom. The summed E-state index contributed by atoms with van der Waals surface area (Å²) in [5, 5.41) is 20.4. The molecule has 2 heterocycles. The number of anilines is 2. The Kier molecular flexibility index (Phi) is 8.18. The Morgan fingerprint density at radius 2 is 1.79 bits per heavy atom. The number of fused-ring (bicyclic) bond motifs is 1. The van der Waals surface area contributed by atoms with Gasteiger partial charge in [-0.25, -0.2) is 19.2 Å². The van der Waals surface area contributed by atoms with Crippen LogP contribution in [0.15, 0.2) is 36.4 Å². The first-order valence-electron chi connectivity index (χ1n) is 11.7. The average Bonchev–Trinajstić information content (AvgIpc) is 3.70. The van der Waals surface area contributed by atoms with Crippen molar-refractivity contribution in [3.63, 3.8) is 0 Å². The number of halogens is 5. The van der Waals surface area contributed by atoms with Crippen LogP contribution < -0.4 is 10.2 Å². The second-order valence-electron chi connectivity index (χ2n) is 8.93. The second-order valence-corrected chi connectivity index (χ2v) is 9.37. The molecule has 0 amide bonds. The van der Waals surface area contributed by atoms with Gasteiger partial charge in [-0.1, -0.05) is 11.6 Å². The van der Waals surface area contributed by atoms with Gasteiger partial charge in [0.1, 0.15) is 5.82 Å². The number of aromatic nitrogens is 2. The summed E-state index contributed by atoms with van der Waals surface area (Å²) < 4.78 is 45.8. The lowest BCUT2D eigenvalue weighted by atomic mass is 10.2. The Balaban J connectivity index is 0.000000426. The van der Waals surface area contributed by atoms with Crippen LogP contribution in [0.1, 0.15) is 24.0 Å². The Hall–Kier alpha value is -3.69. The van der Waals surface area contributed by atoms with Crippen molar-refractivity contribution >= 4 is 40.2 Å². The van der Waals surface area contributed by atoms with E-state index in [2.05, 4.69) is 21.2 Å². The van der Waals surface area contributed by atoms with E-state index in [1.54, 1.807) is 24.3 Å². The predicted octanol–water partition coefficient (Wildman–Crippen LogP) is 4.82. The summed E-state index contributed by atoms with van der Waals surface area (Å²) in [4.78, 5) is 23.0. The van der Waals surface area contributed by atoms with Crippen LogP contribution in [-0.4, -0.2) is 64.3 Å². The molecule has 1 saturated heterocycles. The molecule has 5 rings (SSSR count). The average molecular weight is 551 g/mol. The van der Waals surface area contributed by atoms with E-state index in [1.165, 1.54) is 6.07 Å². The van der Waals surface area contributed by atoms with Gasteiger partial charge in [-0.15, -0.1) is 0 Å². The monoisotopic (exact) mass is 550 g/mol. The van der Waals surface area contributed by atoms with E-state index in [9.17, 15) is 22.8 Å². The number of aliphatic carboxylic acids is 1. The van der Waals surface area contributed by atoms with Gasteiger partial charge in [0, 0.05) is 49.4 Å². The summed E-state index contributed by atoms with van der Waals surface area (Å²) >= 11 is 6.04. The van der Waals surface area contributed by atoms with Gasteiger partial charge in [0.05, 0.1) is 22.7 Å². The van der Waals surface area contributed by atoms with Gasteiger partial charge in [-0.3, -0.25) is 4.90 Å². The highest BCUT2D eigenvalue weighted by Crippen LogP contribution is 2.31. The van der Waals surface area contributed by atoms with Crippen molar-refractivity contribution in [2.45, 2.75) is 31.6 Å². The number of alkyl halides is 3. The molecule has 0 spiro atoms. The summed E-state index contributed by atoms with van der Waals surface area (Å²) in [7, 11) is 0. The summed E-state index contributed by atoms with van der Waals surface area (Å²) in [5.74, 6) is -1.36. The summed E-state index contributed by atoms with van der Waals surface area (Å²) in [5.41, 5.74) is 2.69. The van der Waals surface area contributed by atoms with Crippen molar-refractivity contribution in [2.24, 2.45) is 0 Å². The molecule has 8 nitrogen and oxygen atoms in total. The molecule has 0 radical (unpaired) electrons. The zero-order valence-electron chi connectivity index (χ0n) is 20.0. The first kappa shape index (κ1) is 27.3. The number of piperazine rings is 1. The minimum Gasteiger partial charge on any atom is -0.475 e. The lowest BCUT2D eigenvalue weighted by molar-refractivity contribution is -0.192. The number of rotatable bonds is 5. The highest BCUT2D eigenvalue weighted by atomic mass is 35.5. The summed E-state index contributed by atoms with van der Waals surface area (Å²) in [6.07, 6.45) is -2.79. The molecule has 1 aliphatic carbocycles. The van der Waals surface area contributed by atoms with E-state index in [1.807, 2.05) is 6.07 Å². The number of nitrogens with one attached hydrogen (secondary N) is 1. The number of benzene rings is 2. The third-order valence-corrected chi connectivity index (χ3v) is 6.24. The molecule has 2 aromatic carbocycles. The van der Waals surface area contributed by atoms with Gasteiger partial charge in [0.15, 0.2) is 11.6 Å². The lowest BCUT2D eigenvalue weighted by Crippen LogP contribution is -2.46. The van der Waals surface area contributed by atoms with Gasteiger partial charge in [-0.2, -0.15) is 18.4 Å². The topological polar surface area (TPSA) is 105 Å². The fourth-order valence-corrected chi connectivity index (χ4v) is 4.07. The Morgan fingerprint density at radius 3 is 2.39 bits per heavy atom. The number of carbonyl (C=O) groups is 1. The third kappa shape index (κ3) is 6.99. The first-order chi connectivity index (χ1) is 18.0. The third-order valence-electron chi connectivity index (χ3n) is 6.01. The molecule has 0 bridgehead atoms. The van der Waals surface area contributed by atoms with E-state index in [4.69, 9.17) is 31.5 Å². The molecule has 13 heteroatoms. The van der Waals surface area contributed by atoms with Crippen LogP contribution >= 0.6 is 11.6 Å². The molecule has 2 aliphatic rings. The van der Waals surface area contributed by atoms with Crippen LogP contribution in [0.4, 0.5) is 29.2 Å².